The van der Waals surface area contributed by atoms with E-state index in [1.165, 1.54) is 0 Å². The van der Waals surface area contributed by atoms with Gasteiger partial charge in [0, 0.05) is 12.6 Å². The molecule has 110 valence electrons. The van der Waals surface area contributed by atoms with Crippen LogP contribution in [0.5, 0.6) is 0 Å². The smallest absolute Gasteiger partial charge is 0.253 e. The summed E-state index contributed by atoms with van der Waals surface area (Å²) in [7, 11) is 1.55. The highest BCUT2D eigenvalue weighted by atomic mass is 16.2. The van der Waals surface area contributed by atoms with Crippen molar-refractivity contribution in [3.8, 4) is 0 Å². The summed E-state index contributed by atoms with van der Waals surface area (Å²) in [5.74, 6) is -0.466. The normalized spacial score (nSPS) is 11.9. The Morgan fingerprint density at radius 1 is 1.10 bits per heavy atom. The van der Waals surface area contributed by atoms with Crippen LogP contribution in [0.15, 0.2) is 24.3 Å². The number of benzene rings is 1. The first-order valence-electron chi connectivity index (χ1n) is 6.52. The topological polar surface area (TPSA) is 84.2 Å². The highest BCUT2D eigenvalue weighted by Crippen LogP contribution is 2.30. The van der Waals surface area contributed by atoms with Gasteiger partial charge >= 0.3 is 0 Å². The lowest BCUT2D eigenvalue weighted by molar-refractivity contribution is -0.126. The summed E-state index contributed by atoms with van der Waals surface area (Å²) in [5, 5.41) is 5.34. The van der Waals surface area contributed by atoms with E-state index in [1.807, 2.05) is 0 Å². The predicted octanol–water partition coefficient (Wildman–Crippen LogP) is 1.75. The summed E-state index contributed by atoms with van der Waals surface area (Å²) in [6, 6.07) is 6.87. The number of carbonyl (C=O) groups excluding carboxylic acids is 2. The highest BCUT2D eigenvalue weighted by Gasteiger charge is 2.40. The lowest BCUT2D eigenvalue weighted by atomic mass is 9.74. The van der Waals surface area contributed by atoms with Crippen LogP contribution >= 0.6 is 0 Å². The third kappa shape index (κ3) is 3.17. The lowest BCUT2D eigenvalue weighted by Gasteiger charge is -2.37. The Labute approximate surface area is 119 Å². The van der Waals surface area contributed by atoms with Crippen LogP contribution in [-0.4, -0.2) is 24.4 Å². The maximum absolute atomic E-state index is 12.4. The maximum Gasteiger partial charge on any atom is 0.253 e. The molecule has 0 aliphatic carbocycles. The van der Waals surface area contributed by atoms with E-state index in [0.717, 1.165) is 0 Å². The summed E-state index contributed by atoms with van der Waals surface area (Å²) in [4.78, 5) is 24.2. The summed E-state index contributed by atoms with van der Waals surface area (Å²) < 4.78 is 0. The Morgan fingerprint density at radius 3 is 2.15 bits per heavy atom. The minimum Gasteiger partial charge on any atom is -0.355 e. The van der Waals surface area contributed by atoms with Gasteiger partial charge in [-0.05, 0) is 39.8 Å². The van der Waals surface area contributed by atoms with Crippen molar-refractivity contribution in [1.82, 2.24) is 5.32 Å². The molecule has 0 aliphatic heterocycles. The number of para-hydroxylation sites is 1. The monoisotopic (exact) mass is 277 g/mol. The number of hydrogen-bond acceptors (Lipinski definition) is 3. The van der Waals surface area contributed by atoms with Gasteiger partial charge in [-0.1, -0.05) is 12.1 Å². The fourth-order valence-corrected chi connectivity index (χ4v) is 1.50. The Bertz CT molecular complexity index is 516. The van der Waals surface area contributed by atoms with Crippen LogP contribution in [0.4, 0.5) is 5.69 Å². The Balaban J connectivity index is 3.06. The number of carbonyl (C=O) groups is 2. The summed E-state index contributed by atoms with van der Waals surface area (Å²) in [6.07, 6.45) is 0. The number of amides is 2. The molecule has 4 N–H and O–H groups in total. The van der Waals surface area contributed by atoms with Gasteiger partial charge in [-0.3, -0.25) is 9.59 Å². The van der Waals surface area contributed by atoms with Crippen LogP contribution in [0.25, 0.3) is 0 Å². The number of nitrogens with one attached hydrogen (secondary N) is 2. The molecular formula is C15H23N3O2. The van der Waals surface area contributed by atoms with Crippen LogP contribution in [0.2, 0.25) is 0 Å². The van der Waals surface area contributed by atoms with E-state index in [1.54, 1.807) is 59.0 Å². The molecule has 0 saturated heterocycles. The molecule has 5 heteroatoms. The molecule has 0 unspecified atom stereocenters. The van der Waals surface area contributed by atoms with Crippen LogP contribution < -0.4 is 16.4 Å². The van der Waals surface area contributed by atoms with E-state index < -0.39 is 11.0 Å². The first-order valence-corrected chi connectivity index (χ1v) is 6.52. The van der Waals surface area contributed by atoms with E-state index >= 15 is 0 Å². The van der Waals surface area contributed by atoms with Gasteiger partial charge in [0.1, 0.15) is 0 Å². The Hall–Kier alpha value is -1.88. The van der Waals surface area contributed by atoms with Crippen molar-refractivity contribution in [3.05, 3.63) is 29.8 Å². The van der Waals surface area contributed by atoms with Gasteiger partial charge in [0.15, 0.2) is 0 Å². The van der Waals surface area contributed by atoms with Crippen LogP contribution in [0.1, 0.15) is 38.1 Å². The van der Waals surface area contributed by atoms with Crippen molar-refractivity contribution >= 4 is 17.5 Å². The second kappa shape index (κ2) is 5.63. The van der Waals surface area contributed by atoms with Gasteiger partial charge in [0.05, 0.1) is 16.7 Å². The largest absolute Gasteiger partial charge is 0.355 e. The molecule has 1 rings (SSSR count). The van der Waals surface area contributed by atoms with E-state index in [-0.39, 0.29) is 11.8 Å². The molecule has 0 aliphatic rings. The zero-order chi connectivity index (χ0) is 15.6. The van der Waals surface area contributed by atoms with E-state index in [4.69, 9.17) is 5.73 Å². The molecule has 0 fully saturated rings. The summed E-state index contributed by atoms with van der Waals surface area (Å²) >= 11 is 0. The molecule has 0 atom stereocenters. The second-order valence-electron chi connectivity index (χ2n) is 5.93. The van der Waals surface area contributed by atoms with Gasteiger partial charge in [-0.2, -0.15) is 0 Å². The molecule has 1 aromatic carbocycles. The first-order chi connectivity index (χ1) is 9.11. The molecule has 5 nitrogen and oxygen atoms in total. The van der Waals surface area contributed by atoms with Gasteiger partial charge in [-0.15, -0.1) is 0 Å². The van der Waals surface area contributed by atoms with Crippen molar-refractivity contribution in [3.63, 3.8) is 0 Å². The molecule has 0 aromatic heterocycles. The molecule has 2 amide bonds. The molecule has 20 heavy (non-hydrogen) atoms. The highest BCUT2D eigenvalue weighted by molar-refractivity contribution is 6.05. The van der Waals surface area contributed by atoms with Crippen molar-refractivity contribution in [2.45, 2.75) is 33.2 Å². The van der Waals surface area contributed by atoms with Gasteiger partial charge < -0.3 is 16.4 Å². The average molecular weight is 277 g/mol. The minimum atomic E-state index is -0.775. The molecule has 1 aromatic rings. The zero-order valence-electron chi connectivity index (χ0n) is 12.7. The van der Waals surface area contributed by atoms with Crippen molar-refractivity contribution in [2.24, 2.45) is 11.1 Å². The van der Waals surface area contributed by atoms with Crippen LogP contribution in [0, 0.1) is 5.41 Å². The van der Waals surface area contributed by atoms with Gasteiger partial charge in [0.2, 0.25) is 5.91 Å². The van der Waals surface area contributed by atoms with Gasteiger partial charge in [-0.25, -0.2) is 0 Å². The maximum atomic E-state index is 12.4. The Kier molecular flexibility index (Phi) is 4.55. The fourth-order valence-electron chi connectivity index (χ4n) is 1.50. The van der Waals surface area contributed by atoms with Crippen LogP contribution in [0.3, 0.4) is 0 Å². The summed E-state index contributed by atoms with van der Waals surface area (Å²) in [6.45, 7) is 7.17. The lowest BCUT2D eigenvalue weighted by Crippen LogP contribution is -2.53. The zero-order valence-corrected chi connectivity index (χ0v) is 12.7. The number of rotatable bonds is 4. The summed E-state index contributed by atoms with van der Waals surface area (Å²) in [5.41, 5.74) is 5.50. The number of anilines is 1. The van der Waals surface area contributed by atoms with E-state index in [9.17, 15) is 9.59 Å². The van der Waals surface area contributed by atoms with E-state index in [2.05, 4.69) is 10.6 Å². The molecule has 0 spiro atoms. The molecular weight excluding hydrogens is 254 g/mol. The Morgan fingerprint density at radius 2 is 1.65 bits per heavy atom. The number of hydrogen-bond donors (Lipinski definition) is 3. The van der Waals surface area contributed by atoms with Gasteiger partial charge in [0.25, 0.3) is 5.91 Å². The number of nitrogens with two attached hydrogens (primary N) is 1. The quantitative estimate of drug-likeness (QED) is 0.784. The van der Waals surface area contributed by atoms with Crippen molar-refractivity contribution in [2.75, 3.05) is 12.4 Å². The molecule has 0 radical (unpaired) electrons. The standard InChI is InChI=1S/C15H23N3O2/c1-14(2,15(3,4)16)13(20)18-11-9-7-6-8-10(11)12(19)17-5/h6-9H,16H2,1-5H3,(H,17,19)(H,18,20). The van der Waals surface area contributed by atoms with Crippen molar-refractivity contribution in [1.29, 1.82) is 0 Å². The third-order valence-corrected chi connectivity index (χ3v) is 3.83. The first kappa shape index (κ1) is 16.2. The van der Waals surface area contributed by atoms with Crippen molar-refractivity contribution < 1.29 is 9.59 Å². The average Bonchev–Trinajstić information content (AvgIpc) is 2.37. The van der Waals surface area contributed by atoms with Crippen LogP contribution in [-0.2, 0) is 4.79 Å². The van der Waals surface area contributed by atoms with E-state index in [0.29, 0.717) is 11.3 Å². The SMILES string of the molecule is CNC(=O)c1ccccc1NC(=O)C(C)(C)C(C)(C)N. The molecule has 0 bridgehead atoms. The minimum absolute atomic E-state index is 0.221. The molecule has 0 saturated carbocycles. The predicted molar refractivity (Wildman–Crippen MR) is 80.5 cm³/mol. The fraction of sp³-hybridized carbons (Fsp3) is 0.467. The molecule has 0 heterocycles. The third-order valence-electron chi connectivity index (χ3n) is 3.83. The second-order valence-corrected chi connectivity index (χ2v) is 5.93.